The molecule has 1 heterocycles. The van der Waals surface area contributed by atoms with E-state index < -0.39 is 0 Å². The number of hydrogen-bond acceptors (Lipinski definition) is 3. The van der Waals surface area contributed by atoms with Crippen molar-refractivity contribution in [3.63, 3.8) is 0 Å². The lowest BCUT2D eigenvalue weighted by Gasteiger charge is -2.22. The fourth-order valence-corrected chi connectivity index (χ4v) is 2.71. The van der Waals surface area contributed by atoms with Gasteiger partial charge in [-0.1, -0.05) is 20.8 Å². The highest BCUT2D eigenvalue weighted by atomic mass is 32.1. The van der Waals surface area contributed by atoms with Crippen molar-refractivity contribution in [2.24, 2.45) is 0 Å². The Labute approximate surface area is 113 Å². The van der Waals surface area contributed by atoms with Gasteiger partial charge in [0.1, 0.15) is 10.8 Å². The highest BCUT2D eigenvalue weighted by Crippen LogP contribution is 2.35. The van der Waals surface area contributed by atoms with Crippen molar-refractivity contribution in [3.05, 3.63) is 34.8 Å². The van der Waals surface area contributed by atoms with Gasteiger partial charge in [-0.25, -0.2) is 4.98 Å². The minimum absolute atomic E-state index is 0.0632. The van der Waals surface area contributed by atoms with E-state index in [1.54, 1.807) is 18.4 Å². The van der Waals surface area contributed by atoms with E-state index >= 15 is 0 Å². The number of ether oxygens (including phenoxy) is 1. The molecule has 0 radical (unpaired) electrons. The molecule has 1 aromatic carbocycles. The summed E-state index contributed by atoms with van der Waals surface area (Å²) in [5, 5.41) is 3.15. The Kier molecular flexibility index (Phi) is 3.44. The van der Waals surface area contributed by atoms with Crippen LogP contribution in [0.1, 0.15) is 32.0 Å². The molecule has 2 nitrogen and oxygen atoms in total. The zero-order chi connectivity index (χ0) is 13.3. The quantitative estimate of drug-likeness (QED) is 0.798. The monoisotopic (exact) mass is 261 g/mol. The number of thiazole rings is 1. The third kappa shape index (κ3) is 2.56. The van der Waals surface area contributed by atoms with E-state index in [-0.39, 0.29) is 5.41 Å². The molecular formula is C15H19NOS. The predicted octanol–water partition coefficient (Wildman–Crippen LogP) is 4.42. The molecule has 0 atom stereocenters. The van der Waals surface area contributed by atoms with Crippen LogP contribution in [-0.2, 0) is 5.41 Å². The Morgan fingerprint density at radius 2 is 1.94 bits per heavy atom. The third-order valence-corrected chi connectivity index (χ3v) is 3.88. The second-order valence-electron chi connectivity index (χ2n) is 5.46. The van der Waals surface area contributed by atoms with E-state index in [1.807, 2.05) is 13.0 Å². The van der Waals surface area contributed by atoms with Crippen LogP contribution in [0.4, 0.5) is 0 Å². The molecule has 0 saturated carbocycles. The molecule has 0 unspecified atom stereocenters. The fraction of sp³-hybridized carbons (Fsp3) is 0.400. The van der Waals surface area contributed by atoms with Crippen LogP contribution in [0, 0.1) is 6.92 Å². The van der Waals surface area contributed by atoms with Crippen molar-refractivity contribution in [2.45, 2.75) is 33.1 Å². The van der Waals surface area contributed by atoms with Crippen molar-refractivity contribution < 1.29 is 4.74 Å². The van der Waals surface area contributed by atoms with Gasteiger partial charge >= 0.3 is 0 Å². The molecule has 2 aromatic rings. The minimum atomic E-state index is 0.0632. The van der Waals surface area contributed by atoms with Crippen LogP contribution >= 0.6 is 11.3 Å². The van der Waals surface area contributed by atoms with E-state index in [0.29, 0.717) is 0 Å². The van der Waals surface area contributed by atoms with Crippen LogP contribution in [0.15, 0.2) is 23.6 Å². The smallest absolute Gasteiger partial charge is 0.123 e. The first-order valence-electron chi connectivity index (χ1n) is 6.03. The summed E-state index contributed by atoms with van der Waals surface area (Å²) in [4.78, 5) is 4.54. The summed E-state index contributed by atoms with van der Waals surface area (Å²) in [6, 6.07) is 6.30. The lowest BCUT2D eigenvalue weighted by Crippen LogP contribution is -2.12. The van der Waals surface area contributed by atoms with Crippen molar-refractivity contribution in [3.8, 4) is 16.3 Å². The molecule has 3 heteroatoms. The average molecular weight is 261 g/mol. The van der Waals surface area contributed by atoms with Crippen LogP contribution in [0.5, 0.6) is 5.75 Å². The maximum absolute atomic E-state index is 5.45. The molecular weight excluding hydrogens is 242 g/mol. The number of hydrogen-bond donors (Lipinski definition) is 0. The number of methoxy groups -OCH3 is 1. The van der Waals surface area contributed by atoms with E-state index in [2.05, 4.69) is 43.3 Å². The lowest BCUT2D eigenvalue weighted by molar-refractivity contribution is 0.397. The Hall–Kier alpha value is -1.35. The normalized spacial score (nSPS) is 11.6. The van der Waals surface area contributed by atoms with E-state index in [4.69, 9.17) is 4.74 Å². The zero-order valence-corrected chi connectivity index (χ0v) is 12.4. The summed E-state index contributed by atoms with van der Waals surface area (Å²) in [5.74, 6) is 0.944. The standard InChI is InChI=1S/C15H19NOS/c1-10-9-18-14(16-10)11-6-7-13(17-5)12(8-11)15(2,3)4/h6-9H,1-5H3. The van der Waals surface area contributed by atoms with Gasteiger partial charge in [-0.15, -0.1) is 11.3 Å². The van der Waals surface area contributed by atoms with Gasteiger partial charge in [0.15, 0.2) is 0 Å². The van der Waals surface area contributed by atoms with Gasteiger partial charge in [0.25, 0.3) is 0 Å². The first-order chi connectivity index (χ1) is 8.41. The van der Waals surface area contributed by atoms with Crippen molar-refractivity contribution in [1.82, 2.24) is 4.98 Å². The van der Waals surface area contributed by atoms with Crippen LogP contribution in [0.25, 0.3) is 10.6 Å². The van der Waals surface area contributed by atoms with Crippen LogP contribution in [0.2, 0.25) is 0 Å². The van der Waals surface area contributed by atoms with Gasteiger partial charge < -0.3 is 4.74 Å². The molecule has 0 aliphatic rings. The number of nitrogens with zero attached hydrogens (tertiary/aromatic N) is 1. The third-order valence-electron chi connectivity index (χ3n) is 2.87. The van der Waals surface area contributed by atoms with Crippen molar-refractivity contribution in [2.75, 3.05) is 7.11 Å². The van der Waals surface area contributed by atoms with Crippen molar-refractivity contribution in [1.29, 1.82) is 0 Å². The molecule has 1 aromatic heterocycles. The summed E-state index contributed by atoms with van der Waals surface area (Å²) >= 11 is 1.68. The van der Waals surface area contributed by atoms with Crippen LogP contribution < -0.4 is 4.74 Å². The SMILES string of the molecule is COc1ccc(-c2nc(C)cs2)cc1C(C)(C)C. The molecule has 0 amide bonds. The van der Waals surface area contributed by atoms with E-state index in [0.717, 1.165) is 16.5 Å². The summed E-state index contributed by atoms with van der Waals surface area (Å²) in [6.45, 7) is 8.61. The Bertz CT molecular complexity index is 552. The summed E-state index contributed by atoms with van der Waals surface area (Å²) in [6.07, 6.45) is 0. The summed E-state index contributed by atoms with van der Waals surface area (Å²) < 4.78 is 5.45. The van der Waals surface area contributed by atoms with E-state index in [1.165, 1.54) is 11.1 Å². The molecule has 0 saturated heterocycles. The highest BCUT2D eigenvalue weighted by Gasteiger charge is 2.20. The summed E-state index contributed by atoms with van der Waals surface area (Å²) in [7, 11) is 1.72. The van der Waals surface area contributed by atoms with Gasteiger partial charge in [-0.05, 0) is 30.5 Å². The molecule has 0 spiro atoms. The summed E-state index contributed by atoms with van der Waals surface area (Å²) in [5.41, 5.74) is 3.52. The first kappa shape index (κ1) is 13.1. The Balaban J connectivity index is 2.52. The van der Waals surface area contributed by atoms with Gasteiger partial charge in [-0.3, -0.25) is 0 Å². The van der Waals surface area contributed by atoms with Crippen LogP contribution in [0.3, 0.4) is 0 Å². The molecule has 0 aliphatic heterocycles. The van der Waals surface area contributed by atoms with Gasteiger partial charge in [-0.2, -0.15) is 0 Å². The molecule has 18 heavy (non-hydrogen) atoms. The number of benzene rings is 1. The Morgan fingerprint density at radius 3 is 2.44 bits per heavy atom. The molecule has 2 rings (SSSR count). The number of aryl methyl sites for hydroxylation is 1. The van der Waals surface area contributed by atoms with E-state index in [9.17, 15) is 0 Å². The Morgan fingerprint density at radius 1 is 1.22 bits per heavy atom. The topological polar surface area (TPSA) is 22.1 Å². The fourth-order valence-electron chi connectivity index (χ4n) is 1.91. The number of aromatic nitrogens is 1. The van der Waals surface area contributed by atoms with Gasteiger partial charge in [0, 0.05) is 22.2 Å². The van der Waals surface area contributed by atoms with Crippen molar-refractivity contribution >= 4 is 11.3 Å². The van der Waals surface area contributed by atoms with Crippen LogP contribution in [-0.4, -0.2) is 12.1 Å². The van der Waals surface area contributed by atoms with Gasteiger partial charge in [0.05, 0.1) is 7.11 Å². The lowest BCUT2D eigenvalue weighted by atomic mass is 9.85. The average Bonchev–Trinajstić information content (AvgIpc) is 2.74. The molecule has 0 N–H and O–H groups in total. The predicted molar refractivity (Wildman–Crippen MR) is 77.5 cm³/mol. The second kappa shape index (κ2) is 4.73. The molecule has 0 bridgehead atoms. The maximum Gasteiger partial charge on any atom is 0.123 e. The van der Waals surface area contributed by atoms with Gasteiger partial charge in [0.2, 0.25) is 0 Å². The largest absolute Gasteiger partial charge is 0.496 e. The highest BCUT2D eigenvalue weighted by molar-refractivity contribution is 7.13. The first-order valence-corrected chi connectivity index (χ1v) is 6.91. The second-order valence-corrected chi connectivity index (χ2v) is 6.32. The molecule has 96 valence electrons. The molecule has 0 aliphatic carbocycles. The zero-order valence-electron chi connectivity index (χ0n) is 11.6. The minimum Gasteiger partial charge on any atom is -0.496 e. The maximum atomic E-state index is 5.45. The molecule has 0 fully saturated rings. The number of rotatable bonds is 2.